The molecule has 0 unspecified atom stereocenters. The quantitative estimate of drug-likeness (QED) is 0.687. The summed E-state index contributed by atoms with van der Waals surface area (Å²) < 4.78 is 9.74. The molecule has 1 rings (SSSR count). The zero-order valence-corrected chi connectivity index (χ0v) is 12.2. The third kappa shape index (κ3) is 6.05. The number of carbonyl (C=O) groups excluding carboxylic acids is 1. The van der Waals surface area contributed by atoms with Crippen LogP contribution in [0.5, 0.6) is 0 Å². The van der Waals surface area contributed by atoms with Gasteiger partial charge in [-0.05, 0) is 11.6 Å². The molecule has 0 saturated carbocycles. The minimum Gasteiger partial charge on any atom is -0.469 e. The van der Waals surface area contributed by atoms with E-state index in [1.807, 2.05) is 24.3 Å². The van der Waals surface area contributed by atoms with E-state index >= 15 is 0 Å². The van der Waals surface area contributed by atoms with Crippen LogP contribution in [0, 0.1) is 0 Å². The van der Waals surface area contributed by atoms with Crippen molar-refractivity contribution in [1.29, 1.82) is 0 Å². The van der Waals surface area contributed by atoms with Crippen LogP contribution in [-0.4, -0.2) is 44.8 Å². The largest absolute Gasteiger partial charge is 0.469 e. The number of nitrogens with zero attached hydrogens (tertiary/aromatic N) is 1. The molecule has 0 heterocycles. The number of carbonyl (C=O) groups is 1. The molecule has 0 N–H and O–H groups in total. The molecule has 0 aliphatic rings. The van der Waals surface area contributed by atoms with E-state index in [0.29, 0.717) is 26.1 Å². The average Bonchev–Trinajstić information content (AvgIpc) is 2.43. The molecule has 0 fully saturated rings. The zero-order chi connectivity index (χ0) is 14.1. The van der Waals surface area contributed by atoms with Gasteiger partial charge in [-0.1, -0.05) is 29.8 Å². The summed E-state index contributed by atoms with van der Waals surface area (Å²) in [5.41, 5.74) is 1.05. The molecular weight excluding hydrogens is 266 g/mol. The fourth-order valence-corrected chi connectivity index (χ4v) is 1.90. The van der Waals surface area contributed by atoms with E-state index in [4.69, 9.17) is 16.3 Å². The highest BCUT2D eigenvalue weighted by Gasteiger charge is 2.10. The Balaban J connectivity index is 2.58. The SMILES string of the molecule is COCCN(CCC(=O)OC)Cc1ccccc1Cl. The molecule has 106 valence electrons. The Labute approximate surface area is 119 Å². The van der Waals surface area contributed by atoms with E-state index in [0.717, 1.165) is 17.1 Å². The van der Waals surface area contributed by atoms with Crippen molar-refractivity contribution in [2.45, 2.75) is 13.0 Å². The second kappa shape index (κ2) is 8.91. The summed E-state index contributed by atoms with van der Waals surface area (Å²) in [6.07, 6.45) is 0.366. The van der Waals surface area contributed by atoms with Crippen molar-refractivity contribution in [2.24, 2.45) is 0 Å². The van der Waals surface area contributed by atoms with Crippen molar-refractivity contribution in [3.63, 3.8) is 0 Å². The van der Waals surface area contributed by atoms with E-state index < -0.39 is 0 Å². The maximum Gasteiger partial charge on any atom is 0.306 e. The molecule has 0 radical (unpaired) electrons. The molecule has 4 nitrogen and oxygen atoms in total. The van der Waals surface area contributed by atoms with Gasteiger partial charge in [0.1, 0.15) is 0 Å². The Morgan fingerprint density at radius 1 is 1.26 bits per heavy atom. The summed E-state index contributed by atoms with van der Waals surface area (Å²) in [6, 6.07) is 7.71. The van der Waals surface area contributed by atoms with Gasteiger partial charge in [0.2, 0.25) is 0 Å². The molecule has 5 heteroatoms. The monoisotopic (exact) mass is 285 g/mol. The van der Waals surface area contributed by atoms with Gasteiger partial charge in [-0.2, -0.15) is 0 Å². The minimum atomic E-state index is -0.207. The fraction of sp³-hybridized carbons (Fsp3) is 0.500. The standard InChI is InChI=1S/C14H20ClNO3/c1-18-10-9-16(8-7-14(17)19-2)11-12-5-3-4-6-13(12)15/h3-6H,7-11H2,1-2H3. The van der Waals surface area contributed by atoms with Gasteiger partial charge in [0.15, 0.2) is 0 Å². The number of rotatable bonds is 8. The van der Waals surface area contributed by atoms with Crippen LogP contribution >= 0.6 is 11.6 Å². The summed E-state index contributed by atoms with van der Waals surface area (Å²) in [7, 11) is 3.06. The molecule has 0 spiro atoms. The number of methoxy groups -OCH3 is 2. The lowest BCUT2D eigenvalue weighted by Crippen LogP contribution is -2.29. The number of ether oxygens (including phenoxy) is 2. The van der Waals surface area contributed by atoms with E-state index in [2.05, 4.69) is 9.64 Å². The molecular formula is C14H20ClNO3. The average molecular weight is 286 g/mol. The highest BCUT2D eigenvalue weighted by Crippen LogP contribution is 2.17. The smallest absolute Gasteiger partial charge is 0.306 e. The number of hydrogen-bond acceptors (Lipinski definition) is 4. The predicted octanol–water partition coefficient (Wildman–Crippen LogP) is 2.35. The first kappa shape index (κ1) is 16.0. The number of benzene rings is 1. The number of halogens is 1. The van der Waals surface area contributed by atoms with Gasteiger partial charge in [0.25, 0.3) is 0 Å². The Bertz CT molecular complexity index is 398. The summed E-state index contributed by atoms with van der Waals surface area (Å²) in [4.78, 5) is 13.3. The van der Waals surface area contributed by atoms with Gasteiger partial charge in [-0.3, -0.25) is 9.69 Å². The Kier molecular flexibility index (Phi) is 7.48. The van der Waals surface area contributed by atoms with E-state index in [-0.39, 0.29) is 5.97 Å². The molecule has 0 atom stereocenters. The van der Waals surface area contributed by atoms with E-state index in [1.54, 1.807) is 7.11 Å². The normalized spacial score (nSPS) is 10.7. The highest BCUT2D eigenvalue weighted by molar-refractivity contribution is 6.31. The van der Waals surface area contributed by atoms with Crippen molar-refractivity contribution in [2.75, 3.05) is 33.9 Å². The highest BCUT2D eigenvalue weighted by atomic mass is 35.5. The van der Waals surface area contributed by atoms with Crippen molar-refractivity contribution >= 4 is 17.6 Å². The van der Waals surface area contributed by atoms with Gasteiger partial charge >= 0.3 is 5.97 Å². The van der Waals surface area contributed by atoms with Gasteiger partial charge in [-0.15, -0.1) is 0 Å². The maximum atomic E-state index is 11.2. The Morgan fingerprint density at radius 2 is 2.00 bits per heavy atom. The topological polar surface area (TPSA) is 38.8 Å². The molecule has 0 aromatic heterocycles. The van der Waals surface area contributed by atoms with Gasteiger partial charge in [0.05, 0.1) is 20.1 Å². The predicted molar refractivity (Wildman–Crippen MR) is 75.2 cm³/mol. The minimum absolute atomic E-state index is 0.207. The van der Waals surface area contributed by atoms with Crippen LogP contribution < -0.4 is 0 Å². The Morgan fingerprint density at radius 3 is 2.63 bits per heavy atom. The molecule has 0 bridgehead atoms. The lowest BCUT2D eigenvalue weighted by Gasteiger charge is -2.22. The van der Waals surface area contributed by atoms with E-state index in [9.17, 15) is 4.79 Å². The maximum absolute atomic E-state index is 11.2. The first-order chi connectivity index (χ1) is 9.17. The lowest BCUT2D eigenvalue weighted by atomic mass is 10.2. The van der Waals surface area contributed by atoms with Crippen LogP contribution in [0.15, 0.2) is 24.3 Å². The molecule has 1 aromatic rings. The molecule has 0 saturated heterocycles. The van der Waals surface area contributed by atoms with Crippen LogP contribution in [0.25, 0.3) is 0 Å². The molecule has 19 heavy (non-hydrogen) atoms. The summed E-state index contributed by atoms with van der Waals surface area (Å²) in [5.74, 6) is -0.207. The van der Waals surface area contributed by atoms with Crippen LogP contribution in [0.2, 0.25) is 5.02 Å². The summed E-state index contributed by atoms with van der Waals surface area (Å²) >= 11 is 6.14. The number of esters is 1. The van der Waals surface area contributed by atoms with Crippen LogP contribution in [0.3, 0.4) is 0 Å². The van der Waals surface area contributed by atoms with E-state index in [1.165, 1.54) is 7.11 Å². The molecule has 1 aromatic carbocycles. The second-order valence-electron chi connectivity index (χ2n) is 4.19. The first-order valence-corrected chi connectivity index (χ1v) is 6.56. The molecule has 0 amide bonds. The van der Waals surface area contributed by atoms with Gasteiger partial charge in [-0.25, -0.2) is 0 Å². The lowest BCUT2D eigenvalue weighted by molar-refractivity contribution is -0.141. The number of hydrogen-bond donors (Lipinski definition) is 0. The molecule has 0 aliphatic heterocycles. The summed E-state index contributed by atoms with van der Waals surface area (Å²) in [5, 5.41) is 0.739. The fourth-order valence-electron chi connectivity index (χ4n) is 1.71. The zero-order valence-electron chi connectivity index (χ0n) is 11.4. The van der Waals surface area contributed by atoms with Crippen molar-refractivity contribution in [3.05, 3.63) is 34.9 Å². The third-order valence-electron chi connectivity index (χ3n) is 2.82. The van der Waals surface area contributed by atoms with Crippen molar-refractivity contribution < 1.29 is 14.3 Å². The van der Waals surface area contributed by atoms with Crippen molar-refractivity contribution in [1.82, 2.24) is 4.90 Å². The molecule has 0 aliphatic carbocycles. The second-order valence-corrected chi connectivity index (χ2v) is 4.59. The van der Waals surface area contributed by atoms with Crippen molar-refractivity contribution in [3.8, 4) is 0 Å². The van der Waals surface area contributed by atoms with Gasteiger partial charge < -0.3 is 9.47 Å². The summed E-state index contributed by atoms with van der Waals surface area (Å²) in [6.45, 7) is 2.69. The van der Waals surface area contributed by atoms with Crippen LogP contribution in [0.1, 0.15) is 12.0 Å². The van der Waals surface area contributed by atoms with Crippen LogP contribution in [0.4, 0.5) is 0 Å². The van der Waals surface area contributed by atoms with Crippen LogP contribution in [-0.2, 0) is 20.8 Å². The third-order valence-corrected chi connectivity index (χ3v) is 3.19. The first-order valence-electron chi connectivity index (χ1n) is 6.19. The Hall–Kier alpha value is -1.10. The van der Waals surface area contributed by atoms with Gasteiger partial charge in [0, 0.05) is 31.8 Å².